The molecule has 17 nitrogen and oxygen atoms in total. The molecule has 0 aliphatic rings. The van der Waals surface area contributed by atoms with Crippen LogP contribution in [0.1, 0.15) is 357 Å². The van der Waals surface area contributed by atoms with E-state index in [2.05, 4.69) is 55.4 Å². The van der Waals surface area contributed by atoms with E-state index >= 15 is 0 Å². The minimum atomic E-state index is -4.95. The molecule has 0 radical (unpaired) electrons. The highest BCUT2D eigenvalue weighted by Crippen LogP contribution is 2.45. The number of aliphatic hydroxyl groups is 1. The summed E-state index contributed by atoms with van der Waals surface area (Å²) in [4.78, 5) is 72.5. The van der Waals surface area contributed by atoms with Crippen molar-refractivity contribution >= 4 is 39.5 Å². The molecule has 0 amide bonds. The van der Waals surface area contributed by atoms with Gasteiger partial charge in [0.05, 0.1) is 26.4 Å². The zero-order chi connectivity index (χ0) is 67.5. The molecule has 0 heterocycles. The third-order valence-corrected chi connectivity index (χ3v) is 18.8. The summed E-state index contributed by atoms with van der Waals surface area (Å²) in [6, 6.07) is 0. The Morgan fingerprint density at radius 2 is 0.527 bits per heavy atom. The van der Waals surface area contributed by atoms with Crippen LogP contribution in [-0.4, -0.2) is 96.7 Å². The average Bonchev–Trinajstić information content (AvgIpc) is 3.36. The Labute approximate surface area is 556 Å². The number of carbonyl (C=O) groups excluding carboxylic acids is 4. The third kappa shape index (κ3) is 65.1. The highest BCUT2D eigenvalue weighted by atomic mass is 31.2. The third-order valence-electron chi connectivity index (χ3n) is 16.9. The maximum Gasteiger partial charge on any atom is 0.472 e. The van der Waals surface area contributed by atoms with E-state index in [0.29, 0.717) is 37.5 Å². The number of phosphoric ester groups is 2. The Kier molecular flexibility index (Phi) is 60.3. The number of ether oxygens (including phenoxy) is 4. The van der Waals surface area contributed by atoms with Crippen molar-refractivity contribution in [3.05, 3.63) is 0 Å². The van der Waals surface area contributed by atoms with E-state index < -0.39 is 97.5 Å². The van der Waals surface area contributed by atoms with E-state index in [1.54, 1.807) is 0 Å². The molecule has 0 aromatic rings. The molecule has 0 aliphatic heterocycles. The molecule has 540 valence electrons. The second-order valence-electron chi connectivity index (χ2n) is 27.6. The molecule has 0 fully saturated rings. The lowest BCUT2D eigenvalue weighted by atomic mass is 9.99. The number of hydrogen-bond donors (Lipinski definition) is 3. The molecule has 0 aromatic carbocycles. The Morgan fingerprint density at radius 3 is 0.780 bits per heavy atom. The molecule has 19 heteroatoms. The summed E-state index contributed by atoms with van der Waals surface area (Å²) in [6.45, 7) is 14.1. The molecule has 91 heavy (non-hydrogen) atoms. The number of unbranched alkanes of at least 4 members (excludes halogenated alkanes) is 34. The van der Waals surface area contributed by atoms with Crippen molar-refractivity contribution in [2.45, 2.75) is 375 Å². The van der Waals surface area contributed by atoms with Crippen molar-refractivity contribution < 1.29 is 80.2 Å². The SMILES string of the molecule is CCC(C)CCCCCCCCCCCCC(=O)O[C@H](COC(=O)CCCCCCCCCCCCCCCCCC(C)C)COP(=O)(O)OCC(O)COP(=O)(O)OC[C@@H](COC(=O)CCCCCCCCCC(C)C)OC(=O)CCCCCCCCC(C)C. The van der Waals surface area contributed by atoms with Gasteiger partial charge < -0.3 is 33.8 Å². The van der Waals surface area contributed by atoms with Crippen LogP contribution in [0.3, 0.4) is 0 Å². The largest absolute Gasteiger partial charge is 0.472 e. The van der Waals surface area contributed by atoms with Crippen LogP contribution in [0.25, 0.3) is 0 Å². The number of rotatable bonds is 69. The van der Waals surface area contributed by atoms with Crippen LogP contribution < -0.4 is 0 Å². The monoisotopic (exact) mass is 1340 g/mol. The fraction of sp³-hybridized carbons (Fsp3) is 0.944. The van der Waals surface area contributed by atoms with Crippen molar-refractivity contribution in [3.63, 3.8) is 0 Å². The maximum absolute atomic E-state index is 13.0. The van der Waals surface area contributed by atoms with Crippen molar-refractivity contribution in [1.29, 1.82) is 0 Å². The second kappa shape index (κ2) is 61.6. The molecular formula is C72H140O17P2. The lowest BCUT2D eigenvalue weighted by Crippen LogP contribution is -2.30. The van der Waals surface area contributed by atoms with Crippen molar-refractivity contribution in [1.82, 2.24) is 0 Å². The average molecular weight is 1340 g/mol. The first-order valence-corrected chi connectivity index (χ1v) is 40.2. The molecule has 6 atom stereocenters. The Bertz CT molecular complexity index is 1800. The van der Waals surface area contributed by atoms with E-state index in [1.807, 2.05) is 0 Å². The molecule has 0 bridgehead atoms. The van der Waals surface area contributed by atoms with Gasteiger partial charge in [0.25, 0.3) is 0 Å². The van der Waals surface area contributed by atoms with Gasteiger partial charge in [0.1, 0.15) is 19.3 Å². The number of phosphoric acid groups is 2. The smallest absolute Gasteiger partial charge is 0.462 e. The molecule has 0 spiro atoms. The predicted octanol–water partition coefficient (Wildman–Crippen LogP) is 20.5. The van der Waals surface area contributed by atoms with E-state index in [4.69, 9.17) is 37.0 Å². The van der Waals surface area contributed by atoms with Gasteiger partial charge in [-0.25, -0.2) is 9.13 Å². The number of carbonyl (C=O) groups is 4. The van der Waals surface area contributed by atoms with Gasteiger partial charge >= 0.3 is 39.5 Å². The predicted molar refractivity (Wildman–Crippen MR) is 367 cm³/mol. The van der Waals surface area contributed by atoms with E-state index in [0.717, 1.165) is 108 Å². The highest BCUT2D eigenvalue weighted by molar-refractivity contribution is 7.47. The summed E-state index contributed by atoms with van der Waals surface area (Å²) in [5.41, 5.74) is 0. The molecule has 4 unspecified atom stereocenters. The van der Waals surface area contributed by atoms with Gasteiger partial charge in [-0.1, -0.05) is 306 Å². The van der Waals surface area contributed by atoms with Crippen molar-refractivity contribution in [3.8, 4) is 0 Å². The first-order chi connectivity index (χ1) is 43.6. The van der Waals surface area contributed by atoms with Crippen molar-refractivity contribution in [2.24, 2.45) is 23.7 Å². The topological polar surface area (TPSA) is 237 Å². The number of esters is 4. The van der Waals surface area contributed by atoms with E-state index in [1.165, 1.54) is 154 Å². The number of hydrogen-bond acceptors (Lipinski definition) is 15. The lowest BCUT2D eigenvalue weighted by molar-refractivity contribution is -0.161. The first kappa shape index (κ1) is 89.1. The summed E-state index contributed by atoms with van der Waals surface area (Å²) in [6.07, 6.45) is 44.7. The Balaban J connectivity index is 5.21. The molecule has 0 aliphatic carbocycles. The van der Waals surface area contributed by atoms with Crippen molar-refractivity contribution in [2.75, 3.05) is 39.6 Å². The summed E-state index contributed by atoms with van der Waals surface area (Å²) in [5, 5.41) is 10.6. The van der Waals surface area contributed by atoms with Crippen LogP contribution in [0.4, 0.5) is 0 Å². The van der Waals surface area contributed by atoms with Crippen LogP contribution >= 0.6 is 15.6 Å². The van der Waals surface area contributed by atoms with Crippen LogP contribution in [0.2, 0.25) is 0 Å². The van der Waals surface area contributed by atoms with Gasteiger partial charge in [-0.2, -0.15) is 0 Å². The standard InChI is InChI=1S/C72H140O17P2/c1-9-65(8)51-43-35-26-20-17-18-22-28-38-46-54-71(76)88-67(58-82-69(74)52-44-36-27-21-16-14-12-10-11-13-15-19-24-32-40-48-62(2)3)60-86-90(78,79)84-56-66(73)57-85-91(80,81)87-61-68(89-72(77)55-47-39-31-30-34-42-50-64(6)7)59-83-70(75)53-45-37-29-23-25-33-41-49-63(4)5/h62-68,73H,9-61H2,1-8H3,(H,78,79)(H,80,81)/t65?,66?,67-,68-/m1/s1. The van der Waals surface area contributed by atoms with Gasteiger partial charge in [-0.3, -0.25) is 37.3 Å². The Morgan fingerprint density at radius 1 is 0.308 bits per heavy atom. The zero-order valence-corrected chi connectivity index (χ0v) is 61.3. The fourth-order valence-corrected chi connectivity index (χ4v) is 12.4. The van der Waals surface area contributed by atoms with Gasteiger partial charge in [-0.15, -0.1) is 0 Å². The van der Waals surface area contributed by atoms with Crippen LogP contribution in [0, 0.1) is 23.7 Å². The fourth-order valence-electron chi connectivity index (χ4n) is 10.8. The summed E-state index contributed by atoms with van der Waals surface area (Å²) >= 11 is 0. The molecule has 0 aromatic heterocycles. The first-order valence-electron chi connectivity index (χ1n) is 37.2. The van der Waals surface area contributed by atoms with Gasteiger partial charge in [0, 0.05) is 25.7 Å². The highest BCUT2D eigenvalue weighted by Gasteiger charge is 2.30. The lowest BCUT2D eigenvalue weighted by Gasteiger charge is -2.21. The molecule has 3 N–H and O–H groups in total. The van der Waals surface area contributed by atoms with Crippen LogP contribution in [0.5, 0.6) is 0 Å². The van der Waals surface area contributed by atoms with E-state index in [9.17, 15) is 43.2 Å². The summed E-state index contributed by atoms with van der Waals surface area (Å²) in [5.74, 6) is 0.852. The maximum atomic E-state index is 13.0. The molecule has 0 rings (SSSR count). The normalized spacial score (nSPS) is 14.5. The van der Waals surface area contributed by atoms with Gasteiger partial charge in [0.2, 0.25) is 0 Å². The minimum absolute atomic E-state index is 0.101. The van der Waals surface area contributed by atoms with Gasteiger partial charge in [0.15, 0.2) is 12.2 Å². The summed E-state index contributed by atoms with van der Waals surface area (Å²) < 4.78 is 68.3. The zero-order valence-electron chi connectivity index (χ0n) is 59.5. The second-order valence-corrected chi connectivity index (χ2v) is 30.6. The van der Waals surface area contributed by atoms with E-state index in [-0.39, 0.29) is 25.7 Å². The molecular weight excluding hydrogens is 1200 g/mol. The quantitative estimate of drug-likeness (QED) is 0.0222. The van der Waals surface area contributed by atoms with Crippen LogP contribution in [-0.2, 0) is 65.4 Å². The van der Waals surface area contributed by atoms with Gasteiger partial charge in [-0.05, 0) is 49.4 Å². The molecule has 0 saturated heterocycles. The molecule has 0 saturated carbocycles. The Hall–Kier alpha value is -1.94. The minimum Gasteiger partial charge on any atom is -0.462 e. The summed E-state index contributed by atoms with van der Waals surface area (Å²) in [7, 11) is -9.90. The number of aliphatic hydroxyl groups excluding tert-OH is 1. The van der Waals surface area contributed by atoms with Crippen LogP contribution in [0.15, 0.2) is 0 Å².